The summed E-state index contributed by atoms with van der Waals surface area (Å²) in [6, 6.07) is -2.29. The number of hydrogen-bond acceptors (Lipinski definition) is 7. The average molecular weight is 614 g/mol. The Labute approximate surface area is 255 Å². The number of carboxylic acids is 3. The van der Waals surface area contributed by atoms with Crippen molar-refractivity contribution in [3.05, 3.63) is 0 Å². The highest BCUT2D eigenvalue weighted by molar-refractivity contribution is 5.91. The van der Waals surface area contributed by atoms with E-state index in [9.17, 15) is 33.9 Å². The lowest BCUT2D eigenvalue weighted by Crippen LogP contribution is -2.45. The van der Waals surface area contributed by atoms with Crippen LogP contribution < -0.4 is 16.4 Å². The van der Waals surface area contributed by atoms with Crippen LogP contribution >= 0.6 is 0 Å². The maximum Gasteiger partial charge on any atom is 0.326 e. The molecule has 12 heteroatoms. The van der Waals surface area contributed by atoms with Crippen molar-refractivity contribution in [2.45, 2.75) is 153 Å². The minimum atomic E-state index is -1.26. The lowest BCUT2D eigenvalue weighted by atomic mass is 10.0. The largest absolute Gasteiger partial charge is 0.481 e. The fourth-order valence-corrected chi connectivity index (χ4v) is 4.83. The number of amides is 2. The van der Waals surface area contributed by atoms with Crippen LogP contribution in [0.25, 0.3) is 0 Å². The minimum absolute atomic E-state index is 0.113. The first-order chi connectivity index (χ1) is 20.6. The number of carboxylic acid groups (broad SMARTS) is 3. The van der Waals surface area contributed by atoms with E-state index in [4.69, 9.17) is 15.9 Å². The van der Waals surface area contributed by atoms with E-state index in [1.165, 1.54) is 57.8 Å². The Morgan fingerprint density at radius 2 is 0.814 bits per heavy atom. The third-order valence-corrected chi connectivity index (χ3v) is 7.41. The minimum Gasteiger partial charge on any atom is -0.481 e. The van der Waals surface area contributed by atoms with Gasteiger partial charge in [0.05, 0.1) is 12.6 Å². The molecule has 0 aromatic heterocycles. The lowest BCUT2D eigenvalue weighted by molar-refractivity contribution is -0.142. The van der Waals surface area contributed by atoms with Crippen LogP contribution in [0.1, 0.15) is 141 Å². The van der Waals surface area contributed by atoms with E-state index in [0.717, 1.165) is 38.5 Å². The third kappa shape index (κ3) is 25.2. The number of ketones is 1. The first kappa shape index (κ1) is 40.0. The molecule has 0 unspecified atom stereocenters. The molecule has 2 amide bonds. The number of nitrogens with one attached hydrogen (secondary N) is 2. The van der Waals surface area contributed by atoms with Crippen LogP contribution in [0.3, 0.4) is 0 Å². The molecule has 0 rings (SSSR count). The zero-order valence-electron chi connectivity index (χ0n) is 25.8. The number of hydrogen-bond donors (Lipinski definition) is 6. The van der Waals surface area contributed by atoms with Gasteiger partial charge in [0.25, 0.3) is 0 Å². The molecular weight excluding hydrogens is 558 g/mol. The molecule has 0 saturated heterocycles. The summed E-state index contributed by atoms with van der Waals surface area (Å²) in [4.78, 5) is 69.1. The highest BCUT2D eigenvalue weighted by Gasteiger charge is 2.24. The number of unbranched alkanes of at least 4 members (excludes halogenated alkanes) is 15. The van der Waals surface area contributed by atoms with Crippen molar-refractivity contribution in [2.75, 3.05) is 6.54 Å². The zero-order chi connectivity index (χ0) is 32.3. The van der Waals surface area contributed by atoms with Gasteiger partial charge in [-0.15, -0.1) is 0 Å². The molecule has 248 valence electrons. The second-order valence-electron chi connectivity index (χ2n) is 11.3. The summed E-state index contributed by atoms with van der Waals surface area (Å²) >= 11 is 0. The van der Waals surface area contributed by atoms with Crippen LogP contribution in [0, 0.1) is 0 Å². The molecular formula is C31H55N3O9. The first-order valence-corrected chi connectivity index (χ1v) is 16.0. The third-order valence-electron chi connectivity index (χ3n) is 7.41. The quantitative estimate of drug-likeness (QED) is 0.0631. The van der Waals surface area contributed by atoms with Crippen molar-refractivity contribution in [3.8, 4) is 0 Å². The maximum atomic E-state index is 12.2. The van der Waals surface area contributed by atoms with E-state index in [0.29, 0.717) is 6.42 Å². The van der Waals surface area contributed by atoms with Crippen molar-refractivity contribution in [1.82, 2.24) is 10.6 Å². The summed E-state index contributed by atoms with van der Waals surface area (Å²) in [5.41, 5.74) is 5.31. The Balaban J connectivity index is 3.87. The van der Waals surface area contributed by atoms with E-state index in [2.05, 4.69) is 10.6 Å². The average Bonchev–Trinajstić information content (AvgIpc) is 2.95. The Morgan fingerprint density at radius 1 is 0.465 bits per heavy atom. The predicted molar refractivity (Wildman–Crippen MR) is 162 cm³/mol. The highest BCUT2D eigenvalue weighted by Crippen LogP contribution is 2.14. The van der Waals surface area contributed by atoms with E-state index in [-0.39, 0.29) is 51.0 Å². The molecule has 0 aromatic rings. The molecule has 0 heterocycles. The molecule has 0 aliphatic heterocycles. The van der Waals surface area contributed by atoms with Crippen LogP contribution in [0.4, 0.5) is 0 Å². The SMILES string of the molecule is NCC(=O)[C@H](CCC(=O)O)NC(=O)CC[C@H](NC(=O)CCCCCCCCCCCCCCCCCCC(=O)O)C(=O)O. The standard InChI is InChI=1S/C31H55N3O9/c32-23-26(35)24(20-22-30(40)41)33-28(37)21-19-25(31(42)43)34-27(36)17-15-13-11-9-7-5-3-1-2-4-6-8-10-12-14-16-18-29(38)39/h24-25H,1-23,32H2,(H,33,37)(H,34,36)(H,38,39)(H,40,41)(H,42,43)/t24-,25-/m0/s1. The molecule has 2 atom stereocenters. The molecule has 0 aliphatic carbocycles. The number of carbonyl (C=O) groups excluding carboxylic acids is 3. The number of aliphatic carboxylic acids is 3. The fourth-order valence-electron chi connectivity index (χ4n) is 4.83. The highest BCUT2D eigenvalue weighted by atomic mass is 16.4. The van der Waals surface area contributed by atoms with Crippen molar-refractivity contribution < 1.29 is 44.1 Å². The number of rotatable bonds is 30. The smallest absolute Gasteiger partial charge is 0.326 e. The van der Waals surface area contributed by atoms with Gasteiger partial charge in [-0.1, -0.05) is 89.9 Å². The zero-order valence-corrected chi connectivity index (χ0v) is 25.8. The maximum absolute atomic E-state index is 12.2. The summed E-state index contributed by atoms with van der Waals surface area (Å²) < 4.78 is 0. The van der Waals surface area contributed by atoms with Gasteiger partial charge in [-0.25, -0.2) is 4.79 Å². The molecule has 0 aliphatic rings. The fraction of sp³-hybridized carbons (Fsp3) is 0.806. The Morgan fingerprint density at radius 3 is 1.21 bits per heavy atom. The van der Waals surface area contributed by atoms with Crippen molar-refractivity contribution in [1.29, 1.82) is 0 Å². The van der Waals surface area contributed by atoms with E-state index >= 15 is 0 Å². The molecule has 0 spiro atoms. The van der Waals surface area contributed by atoms with Crippen molar-refractivity contribution >= 4 is 35.5 Å². The van der Waals surface area contributed by atoms with Crippen LogP contribution in [0.2, 0.25) is 0 Å². The summed E-state index contributed by atoms with van der Waals surface area (Å²) in [6.07, 6.45) is 17.3. The van der Waals surface area contributed by atoms with Crippen LogP contribution in [0.5, 0.6) is 0 Å². The second-order valence-corrected chi connectivity index (χ2v) is 11.3. The number of carbonyl (C=O) groups is 6. The second kappa shape index (κ2) is 26.6. The van der Waals surface area contributed by atoms with Crippen LogP contribution in [-0.2, 0) is 28.8 Å². The van der Waals surface area contributed by atoms with Gasteiger partial charge in [-0.05, 0) is 25.7 Å². The van der Waals surface area contributed by atoms with Gasteiger partial charge >= 0.3 is 17.9 Å². The van der Waals surface area contributed by atoms with Crippen LogP contribution in [0.15, 0.2) is 0 Å². The molecule has 0 saturated carbocycles. The number of Topliss-reactive ketones (excluding diaryl/α,β-unsaturated/α-hetero) is 1. The van der Waals surface area contributed by atoms with E-state index < -0.39 is 41.7 Å². The van der Waals surface area contributed by atoms with Gasteiger partial charge in [-0.2, -0.15) is 0 Å². The van der Waals surface area contributed by atoms with Gasteiger partial charge in [0.15, 0.2) is 5.78 Å². The normalized spacial score (nSPS) is 12.3. The molecule has 7 N–H and O–H groups in total. The lowest BCUT2D eigenvalue weighted by Gasteiger charge is -2.18. The summed E-state index contributed by atoms with van der Waals surface area (Å²) in [7, 11) is 0. The van der Waals surface area contributed by atoms with Gasteiger partial charge < -0.3 is 31.7 Å². The van der Waals surface area contributed by atoms with E-state index in [1.807, 2.05) is 0 Å². The predicted octanol–water partition coefficient (Wildman–Crippen LogP) is 4.32. The molecule has 12 nitrogen and oxygen atoms in total. The Kier molecular flexibility index (Phi) is 24.7. The topological polar surface area (TPSA) is 213 Å². The van der Waals surface area contributed by atoms with Crippen molar-refractivity contribution in [2.24, 2.45) is 5.73 Å². The molecule has 43 heavy (non-hydrogen) atoms. The molecule has 0 fully saturated rings. The summed E-state index contributed by atoms with van der Waals surface area (Å²) in [6.45, 7) is -0.360. The first-order valence-electron chi connectivity index (χ1n) is 16.0. The molecule has 0 radical (unpaired) electrons. The van der Waals surface area contributed by atoms with Gasteiger partial charge in [0, 0.05) is 25.7 Å². The Bertz CT molecular complexity index is 835. The van der Waals surface area contributed by atoms with Gasteiger partial charge in [-0.3, -0.25) is 24.0 Å². The van der Waals surface area contributed by atoms with E-state index in [1.54, 1.807) is 0 Å². The number of nitrogens with two attached hydrogens (primary N) is 1. The molecule has 0 bridgehead atoms. The molecule has 0 aromatic carbocycles. The van der Waals surface area contributed by atoms with Gasteiger partial charge in [0.1, 0.15) is 6.04 Å². The summed E-state index contributed by atoms with van der Waals surface area (Å²) in [5, 5.41) is 31.7. The monoisotopic (exact) mass is 613 g/mol. The summed E-state index contributed by atoms with van der Waals surface area (Å²) in [5.74, 6) is -4.60. The van der Waals surface area contributed by atoms with Crippen molar-refractivity contribution in [3.63, 3.8) is 0 Å². The van der Waals surface area contributed by atoms with Crippen LogP contribution in [-0.4, -0.2) is 69.5 Å². The van der Waals surface area contributed by atoms with Gasteiger partial charge in [0.2, 0.25) is 11.8 Å². The Hall–Kier alpha value is -3.02.